The van der Waals surface area contributed by atoms with E-state index in [-0.39, 0.29) is 0 Å². The van der Waals surface area contributed by atoms with Gasteiger partial charge in [-0.25, -0.2) is 0 Å². The van der Waals surface area contributed by atoms with Gasteiger partial charge >= 0.3 is 0 Å². The molecule has 0 spiro atoms. The van der Waals surface area contributed by atoms with Crippen molar-refractivity contribution in [2.75, 3.05) is 13.7 Å². The van der Waals surface area contributed by atoms with Crippen LogP contribution in [0.4, 0.5) is 0 Å². The highest BCUT2D eigenvalue weighted by molar-refractivity contribution is 5.27. The average Bonchev–Trinajstić information content (AvgIpc) is 2.45. The second-order valence-electron chi connectivity index (χ2n) is 5.37. The Labute approximate surface area is 124 Å². The lowest BCUT2D eigenvalue weighted by molar-refractivity contribution is 0.282. The predicted molar refractivity (Wildman–Crippen MR) is 87.4 cm³/mol. The molecule has 20 heavy (non-hydrogen) atoms. The molecule has 0 aliphatic rings. The Morgan fingerprint density at radius 1 is 1.25 bits per heavy atom. The minimum absolute atomic E-state index is 0.559. The Morgan fingerprint density at radius 3 is 2.80 bits per heavy atom. The molecule has 0 saturated heterocycles. The van der Waals surface area contributed by atoms with Crippen LogP contribution in [0.3, 0.4) is 0 Å². The molecule has 0 saturated carbocycles. The van der Waals surface area contributed by atoms with Crippen molar-refractivity contribution in [3.63, 3.8) is 0 Å². The van der Waals surface area contributed by atoms with Gasteiger partial charge in [-0.15, -0.1) is 6.58 Å². The van der Waals surface area contributed by atoms with Crippen LogP contribution in [0, 0.1) is 6.92 Å². The highest BCUT2D eigenvalue weighted by atomic mass is 16.5. The van der Waals surface area contributed by atoms with Crippen molar-refractivity contribution < 1.29 is 4.74 Å². The van der Waals surface area contributed by atoms with Crippen LogP contribution in [0.1, 0.15) is 44.1 Å². The van der Waals surface area contributed by atoms with Gasteiger partial charge in [0.05, 0.1) is 6.61 Å². The van der Waals surface area contributed by atoms with Crippen LogP contribution in [0.25, 0.3) is 0 Å². The van der Waals surface area contributed by atoms with Gasteiger partial charge in [-0.3, -0.25) is 0 Å². The van der Waals surface area contributed by atoms with Crippen molar-refractivity contribution in [1.82, 2.24) is 5.32 Å². The van der Waals surface area contributed by atoms with E-state index in [4.69, 9.17) is 4.74 Å². The molecule has 0 radical (unpaired) electrons. The number of nitrogens with one attached hydrogen (secondary N) is 1. The van der Waals surface area contributed by atoms with Crippen LogP contribution in [0.15, 0.2) is 36.9 Å². The Hall–Kier alpha value is -1.28. The topological polar surface area (TPSA) is 21.3 Å². The normalized spacial score (nSPS) is 12.1. The third-order valence-corrected chi connectivity index (χ3v) is 3.59. The molecule has 0 aliphatic heterocycles. The number of rotatable bonds is 11. The molecule has 0 aliphatic carbocycles. The number of allylic oxidation sites excluding steroid dienone is 1. The van der Waals surface area contributed by atoms with Gasteiger partial charge < -0.3 is 10.1 Å². The van der Waals surface area contributed by atoms with E-state index in [9.17, 15) is 0 Å². The fourth-order valence-electron chi connectivity index (χ4n) is 2.31. The van der Waals surface area contributed by atoms with Gasteiger partial charge in [0.15, 0.2) is 0 Å². The molecule has 1 aromatic carbocycles. The SMILES string of the molecule is C=CCCCCCC(CCOc1cccc(C)c1)NC. The quantitative estimate of drug-likeness (QED) is 0.474. The summed E-state index contributed by atoms with van der Waals surface area (Å²) in [5.74, 6) is 0.978. The maximum atomic E-state index is 5.81. The minimum Gasteiger partial charge on any atom is -0.494 e. The van der Waals surface area contributed by atoms with Crippen molar-refractivity contribution in [3.05, 3.63) is 42.5 Å². The summed E-state index contributed by atoms with van der Waals surface area (Å²) in [4.78, 5) is 0. The van der Waals surface area contributed by atoms with Gasteiger partial charge in [-0.05, 0) is 57.4 Å². The van der Waals surface area contributed by atoms with Crippen molar-refractivity contribution in [3.8, 4) is 5.75 Å². The van der Waals surface area contributed by atoms with Gasteiger partial charge in [-0.1, -0.05) is 31.1 Å². The number of hydrogen-bond acceptors (Lipinski definition) is 2. The molecule has 1 atom stereocenters. The summed E-state index contributed by atoms with van der Waals surface area (Å²) in [7, 11) is 2.04. The van der Waals surface area contributed by atoms with Gasteiger partial charge in [0.2, 0.25) is 0 Å². The standard InChI is InChI=1S/C18H29NO/c1-4-5-6-7-8-11-17(19-3)13-14-20-18-12-9-10-16(2)15-18/h4,9-10,12,15,17,19H,1,5-8,11,13-14H2,2-3H3. The zero-order chi connectivity index (χ0) is 14.6. The van der Waals surface area contributed by atoms with E-state index in [2.05, 4.69) is 31.0 Å². The van der Waals surface area contributed by atoms with E-state index in [1.165, 1.54) is 31.2 Å². The molecule has 112 valence electrons. The van der Waals surface area contributed by atoms with E-state index in [0.717, 1.165) is 25.2 Å². The lowest BCUT2D eigenvalue weighted by Crippen LogP contribution is -2.27. The van der Waals surface area contributed by atoms with E-state index < -0.39 is 0 Å². The first kappa shape index (κ1) is 16.8. The zero-order valence-corrected chi connectivity index (χ0v) is 13.0. The molecule has 1 aromatic rings. The Bertz CT molecular complexity index is 375. The molecule has 1 rings (SSSR count). The van der Waals surface area contributed by atoms with E-state index in [1.54, 1.807) is 0 Å². The number of unbranched alkanes of at least 4 members (excludes halogenated alkanes) is 3. The summed E-state index contributed by atoms with van der Waals surface area (Å²) < 4.78 is 5.81. The fraction of sp³-hybridized carbons (Fsp3) is 0.556. The molecular formula is C18H29NO. The maximum Gasteiger partial charge on any atom is 0.119 e. The summed E-state index contributed by atoms with van der Waals surface area (Å²) in [5.41, 5.74) is 1.25. The lowest BCUT2D eigenvalue weighted by Gasteiger charge is -2.16. The van der Waals surface area contributed by atoms with Crippen molar-refractivity contribution in [2.24, 2.45) is 0 Å². The molecule has 0 fully saturated rings. The van der Waals surface area contributed by atoms with Crippen LogP contribution in [0.5, 0.6) is 5.75 Å². The summed E-state index contributed by atoms with van der Waals surface area (Å²) in [6.07, 6.45) is 9.27. The first-order valence-electron chi connectivity index (χ1n) is 7.74. The molecule has 1 N–H and O–H groups in total. The van der Waals surface area contributed by atoms with Gasteiger partial charge in [0, 0.05) is 6.04 Å². The van der Waals surface area contributed by atoms with Crippen molar-refractivity contribution >= 4 is 0 Å². The molecule has 2 heteroatoms. The molecule has 0 bridgehead atoms. The molecule has 0 amide bonds. The van der Waals surface area contributed by atoms with Crippen LogP contribution in [-0.2, 0) is 0 Å². The zero-order valence-electron chi connectivity index (χ0n) is 13.0. The van der Waals surface area contributed by atoms with Crippen LogP contribution in [0.2, 0.25) is 0 Å². The van der Waals surface area contributed by atoms with Gasteiger partial charge in [0.25, 0.3) is 0 Å². The first-order valence-corrected chi connectivity index (χ1v) is 7.74. The maximum absolute atomic E-state index is 5.81. The number of ether oxygens (including phenoxy) is 1. The van der Waals surface area contributed by atoms with Crippen molar-refractivity contribution in [2.45, 2.75) is 51.5 Å². The van der Waals surface area contributed by atoms with Crippen molar-refractivity contribution in [1.29, 1.82) is 0 Å². The summed E-state index contributed by atoms with van der Waals surface area (Å²) in [6.45, 7) is 6.63. The molecule has 0 aromatic heterocycles. The molecule has 2 nitrogen and oxygen atoms in total. The third-order valence-electron chi connectivity index (χ3n) is 3.59. The highest BCUT2D eigenvalue weighted by Gasteiger charge is 2.06. The Balaban J connectivity index is 2.15. The smallest absolute Gasteiger partial charge is 0.119 e. The van der Waals surface area contributed by atoms with Crippen LogP contribution < -0.4 is 10.1 Å². The highest BCUT2D eigenvalue weighted by Crippen LogP contribution is 2.14. The Kier molecular flexibility index (Phi) is 8.81. The molecule has 1 unspecified atom stereocenters. The minimum atomic E-state index is 0.559. The summed E-state index contributed by atoms with van der Waals surface area (Å²) in [5, 5.41) is 3.39. The van der Waals surface area contributed by atoms with Crippen LogP contribution in [-0.4, -0.2) is 19.7 Å². The van der Waals surface area contributed by atoms with Crippen LogP contribution >= 0.6 is 0 Å². The second-order valence-corrected chi connectivity index (χ2v) is 5.37. The summed E-state index contributed by atoms with van der Waals surface area (Å²) >= 11 is 0. The fourth-order valence-corrected chi connectivity index (χ4v) is 2.31. The molecular weight excluding hydrogens is 246 g/mol. The van der Waals surface area contributed by atoms with Gasteiger partial charge in [0.1, 0.15) is 5.75 Å². The van der Waals surface area contributed by atoms with E-state index in [0.29, 0.717) is 6.04 Å². The van der Waals surface area contributed by atoms with E-state index in [1.807, 2.05) is 25.3 Å². The predicted octanol–water partition coefficient (Wildman–Crippen LogP) is 4.49. The van der Waals surface area contributed by atoms with E-state index >= 15 is 0 Å². The number of benzene rings is 1. The third kappa shape index (κ3) is 7.34. The largest absolute Gasteiger partial charge is 0.494 e. The lowest BCUT2D eigenvalue weighted by atomic mass is 10.0. The first-order chi connectivity index (χ1) is 9.76. The Morgan fingerprint density at radius 2 is 2.10 bits per heavy atom. The average molecular weight is 275 g/mol. The van der Waals surface area contributed by atoms with Gasteiger partial charge in [-0.2, -0.15) is 0 Å². The monoisotopic (exact) mass is 275 g/mol. The number of aryl methyl sites for hydroxylation is 1. The second kappa shape index (κ2) is 10.5. The molecule has 0 heterocycles. The summed E-state index contributed by atoms with van der Waals surface area (Å²) in [6, 6.07) is 8.80. The number of hydrogen-bond donors (Lipinski definition) is 1.